The Bertz CT molecular complexity index is 468. The molecule has 1 saturated carbocycles. The lowest BCUT2D eigenvalue weighted by molar-refractivity contribution is 0.549. The Morgan fingerprint density at radius 3 is 2.75 bits per heavy atom. The van der Waals surface area contributed by atoms with E-state index in [1.807, 2.05) is 0 Å². The summed E-state index contributed by atoms with van der Waals surface area (Å²) in [4.78, 5) is 0. The molecule has 1 aliphatic rings. The van der Waals surface area contributed by atoms with Crippen LogP contribution < -0.4 is 10.5 Å². The van der Waals surface area contributed by atoms with Crippen LogP contribution in [-0.4, -0.2) is 21.0 Å². The van der Waals surface area contributed by atoms with Gasteiger partial charge in [-0.1, -0.05) is 0 Å². The number of halogens is 1. The highest BCUT2D eigenvalue weighted by molar-refractivity contribution is 9.11. The monoisotopic (exact) mass is 324 g/mol. The number of rotatable bonds is 5. The zero-order valence-corrected chi connectivity index (χ0v) is 11.7. The van der Waals surface area contributed by atoms with E-state index in [1.54, 1.807) is 12.1 Å². The molecule has 1 atom stereocenters. The minimum absolute atomic E-state index is 0.0572. The molecule has 0 aliphatic heterocycles. The van der Waals surface area contributed by atoms with Crippen LogP contribution in [0.15, 0.2) is 20.1 Å². The van der Waals surface area contributed by atoms with E-state index in [0.717, 1.165) is 16.6 Å². The first kappa shape index (κ1) is 12.5. The van der Waals surface area contributed by atoms with Gasteiger partial charge >= 0.3 is 0 Å². The fourth-order valence-electron chi connectivity index (χ4n) is 1.41. The van der Waals surface area contributed by atoms with Gasteiger partial charge in [-0.2, -0.15) is 0 Å². The van der Waals surface area contributed by atoms with Gasteiger partial charge in [-0.3, -0.25) is 0 Å². The Morgan fingerprint density at radius 1 is 1.56 bits per heavy atom. The van der Waals surface area contributed by atoms with Crippen LogP contribution in [0.25, 0.3) is 0 Å². The van der Waals surface area contributed by atoms with Crippen LogP contribution in [0.2, 0.25) is 0 Å². The summed E-state index contributed by atoms with van der Waals surface area (Å²) in [6.45, 7) is 0.322. The van der Waals surface area contributed by atoms with Crippen LogP contribution in [0.3, 0.4) is 0 Å². The van der Waals surface area contributed by atoms with Gasteiger partial charge < -0.3 is 5.73 Å². The van der Waals surface area contributed by atoms with Gasteiger partial charge in [0.05, 0.1) is 3.79 Å². The maximum Gasteiger partial charge on any atom is 0.250 e. The molecule has 7 heteroatoms. The molecular weight excluding hydrogens is 312 g/mol. The van der Waals surface area contributed by atoms with Crippen molar-refractivity contribution in [3.8, 4) is 0 Å². The summed E-state index contributed by atoms with van der Waals surface area (Å²) in [6.07, 6.45) is 2.24. The quantitative estimate of drug-likeness (QED) is 0.862. The second-order valence-corrected chi connectivity index (χ2v) is 8.37. The molecule has 0 aromatic carbocycles. The van der Waals surface area contributed by atoms with Crippen LogP contribution in [0.1, 0.15) is 12.8 Å². The number of sulfonamides is 1. The van der Waals surface area contributed by atoms with Crippen molar-refractivity contribution in [2.24, 2.45) is 11.7 Å². The summed E-state index contributed by atoms with van der Waals surface area (Å²) in [5, 5.41) is 0. The van der Waals surface area contributed by atoms with Gasteiger partial charge in [-0.15, -0.1) is 11.3 Å². The zero-order valence-electron chi connectivity index (χ0n) is 8.52. The first-order valence-electron chi connectivity index (χ1n) is 4.99. The summed E-state index contributed by atoms with van der Waals surface area (Å²) >= 11 is 4.44. The summed E-state index contributed by atoms with van der Waals surface area (Å²) in [5.74, 6) is 0.498. The Morgan fingerprint density at radius 2 is 2.25 bits per heavy atom. The minimum atomic E-state index is -3.38. The molecule has 1 unspecified atom stereocenters. The highest BCUT2D eigenvalue weighted by Crippen LogP contribution is 2.31. The van der Waals surface area contributed by atoms with Gasteiger partial charge in [-0.25, -0.2) is 13.1 Å². The molecule has 0 radical (unpaired) electrons. The van der Waals surface area contributed by atoms with Crippen molar-refractivity contribution >= 4 is 37.3 Å². The molecule has 16 heavy (non-hydrogen) atoms. The van der Waals surface area contributed by atoms with Crippen molar-refractivity contribution in [1.29, 1.82) is 0 Å². The summed E-state index contributed by atoms with van der Waals surface area (Å²) in [7, 11) is -3.38. The van der Waals surface area contributed by atoms with Crippen LogP contribution in [-0.2, 0) is 10.0 Å². The van der Waals surface area contributed by atoms with E-state index in [4.69, 9.17) is 5.73 Å². The molecule has 1 aliphatic carbocycles. The van der Waals surface area contributed by atoms with Crippen molar-refractivity contribution in [2.45, 2.75) is 23.1 Å². The summed E-state index contributed by atoms with van der Waals surface area (Å²) in [6, 6.07) is 3.25. The van der Waals surface area contributed by atoms with Crippen molar-refractivity contribution < 1.29 is 8.42 Å². The summed E-state index contributed by atoms with van der Waals surface area (Å²) in [5.41, 5.74) is 5.84. The molecule has 1 aromatic rings. The molecule has 1 aromatic heterocycles. The van der Waals surface area contributed by atoms with Crippen LogP contribution in [0, 0.1) is 5.92 Å². The highest BCUT2D eigenvalue weighted by Gasteiger charge is 2.29. The molecule has 3 N–H and O–H groups in total. The lowest BCUT2D eigenvalue weighted by Gasteiger charge is -2.10. The molecule has 4 nitrogen and oxygen atoms in total. The predicted molar refractivity (Wildman–Crippen MR) is 67.9 cm³/mol. The van der Waals surface area contributed by atoms with Gasteiger partial charge in [-0.05, 0) is 46.8 Å². The van der Waals surface area contributed by atoms with E-state index in [-0.39, 0.29) is 6.04 Å². The van der Waals surface area contributed by atoms with Crippen LogP contribution in [0.4, 0.5) is 0 Å². The molecule has 1 heterocycles. The van der Waals surface area contributed by atoms with E-state index < -0.39 is 10.0 Å². The second kappa shape index (κ2) is 4.73. The minimum Gasteiger partial charge on any atom is -0.326 e. The standard InChI is InChI=1S/C9H13BrN2O2S2/c10-8-3-4-9(15-8)16(13,14)12-5-7(11)6-1-2-6/h3-4,6-7,12H,1-2,5,11H2. The van der Waals surface area contributed by atoms with Gasteiger partial charge in [0.15, 0.2) is 0 Å². The molecule has 0 spiro atoms. The van der Waals surface area contributed by atoms with Crippen LogP contribution in [0.5, 0.6) is 0 Å². The average Bonchev–Trinajstić information content (AvgIpc) is 2.98. The maximum atomic E-state index is 11.8. The molecule has 90 valence electrons. The smallest absolute Gasteiger partial charge is 0.250 e. The zero-order chi connectivity index (χ0) is 11.8. The van der Waals surface area contributed by atoms with E-state index in [9.17, 15) is 8.42 Å². The van der Waals surface area contributed by atoms with Crippen LogP contribution >= 0.6 is 27.3 Å². The van der Waals surface area contributed by atoms with Crippen molar-refractivity contribution in [3.05, 3.63) is 15.9 Å². The number of thiophene rings is 1. The first-order valence-corrected chi connectivity index (χ1v) is 8.09. The lowest BCUT2D eigenvalue weighted by atomic mass is 10.2. The fraction of sp³-hybridized carbons (Fsp3) is 0.556. The van der Waals surface area contributed by atoms with Gasteiger partial charge in [0.1, 0.15) is 4.21 Å². The Kier molecular flexibility index (Phi) is 3.70. The topological polar surface area (TPSA) is 72.2 Å². The predicted octanol–water partition coefficient (Wildman–Crippen LogP) is 1.53. The van der Waals surface area contributed by atoms with Crippen molar-refractivity contribution in [1.82, 2.24) is 4.72 Å². The number of nitrogens with two attached hydrogens (primary N) is 1. The number of hydrogen-bond donors (Lipinski definition) is 2. The van der Waals surface area contributed by atoms with Crippen molar-refractivity contribution in [3.63, 3.8) is 0 Å². The van der Waals surface area contributed by atoms with E-state index in [1.165, 1.54) is 11.3 Å². The normalized spacial score (nSPS) is 18.6. The average molecular weight is 325 g/mol. The SMILES string of the molecule is NC(CNS(=O)(=O)c1ccc(Br)s1)C1CC1. The molecular formula is C9H13BrN2O2S2. The van der Waals surface area contributed by atoms with Crippen molar-refractivity contribution in [2.75, 3.05) is 6.54 Å². The number of hydrogen-bond acceptors (Lipinski definition) is 4. The largest absolute Gasteiger partial charge is 0.326 e. The molecule has 1 fully saturated rings. The van der Waals surface area contributed by atoms with Gasteiger partial charge in [0.2, 0.25) is 10.0 Å². The van der Waals surface area contributed by atoms with E-state index in [2.05, 4.69) is 20.7 Å². The Labute approximate surface area is 107 Å². The van der Waals surface area contributed by atoms with Gasteiger partial charge in [0.25, 0.3) is 0 Å². The molecule has 0 amide bonds. The summed E-state index contributed by atoms with van der Waals surface area (Å²) < 4.78 is 27.3. The second-order valence-electron chi connectivity index (χ2n) is 3.91. The third-order valence-electron chi connectivity index (χ3n) is 2.55. The molecule has 0 bridgehead atoms. The number of nitrogens with one attached hydrogen (secondary N) is 1. The first-order chi connectivity index (χ1) is 7.49. The Balaban J connectivity index is 1.97. The third kappa shape index (κ3) is 3.04. The lowest BCUT2D eigenvalue weighted by Crippen LogP contribution is -2.38. The fourth-order valence-corrected chi connectivity index (χ4v) is 4.54. The maximum absolute atomic E-state index is 11.8. The van der Waals surface area contributed by atoms with E-state index >= 15 is 0 Å². The highest BCUT2D eigenvalue weighted by atomic mass is 79.9. The Hall–Kier alpha value is 0.0500. The van der Waals surface area contributed by atoms with Gasteiger partial charge in [0, 0.05) is 12.6 Å². The molecule has 0 saturated heterocycles. The molecule has 2 rings (SSSR count). The van der Waals surface area contributed by atoms with E-state index in [0.29, 0.717) is 16.7 Å². The third-order valence-corrected chi connectivity index (χ3v) is 6.09.